The number of hydrazine groups is 1. The molecule has 2 aromatic rings. The second kappa shape index (κ2) is 6.50. The van der Waals surface area contributed by atoms with E-state index in [2.05, 4.69) is 5.43 Å². The zero-order chi connectivity index (χ0) is 14.5. The van der Waals surface area contributed by atoms with Crippen molar-refractivity contribution in [2.75, 3.05) is 7.11 Å². The Morgan fingerprint density at radius 2 is 2.00 bits per heavy atom. The molecule has 0 heterocycles. The highest BCUT2D eigenvalue weighted by Crippen LogP contribution is 2.28. The van der Waals surface area contributed by atoms with Gasteiger partial charge in [-0.1, -0.05) is 24.3 Å². The number of benzene rings is 2. The molecule has 2 aromatic carbocycles. The van der Waals surface area contributed by atoms with E-state index < -0.39 is 0 Å². The van der Waals surface area contributed by atoms with Gasteiger partial charge in [-0.25, -0.2) is 4.39 Å². The molecule has 1 unspecified atom stereocenters. The van der Waals surface area contributed by atoms with Crippen LogP contribution in [0.1, 0.15) is 22.7 Å². The molecule has 3 nitrogen and oxygen atoms in total. The predicted molar refractivity (Wildman–Crippen MR) is 77.9 cm³/mol. The second-order valence-corrected chi connectivity index (χ2v) is 4.74. The van der Waals surface area contributed by atoms with Gasteiger partial charge in [0.05, 0.1) is 13.2 Å². The van der Waals surface area contributed by atoms with Gasteiger partial charge >= 0.3 is 0 Å². The van der Waals surface area contributed by atoms with Crippen molar-refractivity contribution >= 4 is 0 Å². The van der Waals surface area contributed by atoms with E-state index in [9.17, 15) is 4.39 Å². The minimum absolute atomic E-state index is 0.207. The summed E-state index contributed by atoms with van der Waals surface area (Å²) in [6, 6.07) is 12.3. The molecule has 0 aliphatic heterocycles. The van der Waals surface area contributed by atoms with Crippen molar-refractivity contribution in [1.82, 2.24) is 5.43 Å². The van der Waals surface area contributed by atoms with Gasteiger partial charge in [0.25, 0.3) is 0 Å². The largest absolute Gasteiger partial charge is 0.496 e. The molecule has 0 aliphatic carbocycles. The molecule has 2 rings (SSSR count). The molecule has 0 bridgehead atoms. The van der Waals surface area contributed by atoms with Crippen LogP contribution in [0.15, 0.2) is 42.5 Å². The summed E-state index contributed by atoms with van der Waals surface area (Å²) < 4.78 is 18.8. The summed E-state index contributed by atoms with van der Waals surface area (Å²) in [6.45, 7) is 2.05. The van der Waals surface area contributed by atoms with Crippen molar-refractivity contribution in [3.05, 3.63) is 65.0 Å². The zero-order valence-corrected chi connectivity index (χ0v) is 11.7. The van der Waals surface area contributed by atoms with Crippen molar-refractivity contribution < 1.29 is 9.13 Å². The van der Waals surface area contributed by atoms with Crippen LogP contribution in [0, 0.1) is 12.7 Å². The van der Waals surface area contributed by atoms with E-state index in [1.807, 2.05) is 31.2 Å². The third-order valence-corrected chi connectivity index (χ3v) is 3.45. The minimum Gasteiger partial charge on any atom is -0.496 e. The number of hydrogen-bond donors (Lipinski definition) is 2. The van der Waals surface area contributed by atoms with Crippen LogP contribution in [0.3, 0.4) is 0 Å². The van der Waals surface area contributed by atoms with E-state index in [-0.39, 0.29) is 11.9 Å². The van der Waals surface area contributed by atoms with Crippen LogP contribution in [-0.4, -0.2) is 7.11 Å². The summed E-state index contributed by atoms with van der Waals surface area (Å²) in [7, 11) is 1.57. The Balaban J connectivity index is 2.33. The third-order valence-electron chi connectivity index (χ3n) is 3.45. The first kappa shape index (κ1) is 14.5. The van der Waals surface area contributed by atoms with Crippen LogP contribution in [-0.2, 0) is 6.42 Å². The van der Waals surface area contributed by atoms with Crippen LogP contribution in [0.5, 0.6) is 5.75 Å². The third kappa shape index (κ3) is 3.15. The number of methoxy groups -OCH3 is 1. The highest BCUT2D eigenvalue weighted by atomic mass is 19.1. The van der Waals surface area contributed by atoms with Crippen molar-refractivity contribution in [2.24, 2.45) is 5.84 Å². The van der Waals surface area contributed by atoms with Gasteiger partial charge in [-0.05, 0) is 42.7 Å². The second-order valence-electron chi connectivity index (χ2n) is 4.74. The van der Waals surface area contributed by atoms with Gasteiger partial charge < -0.3 is 4.74 Å². The van der Waals surface area contributed by atoms with E-state index in [1.54, 1.807) is 13.2 Å². The minimum atomic E-state index is -0.300. The van der Waals surface area contributed by atoms with E-state index >= 15 is 0 Å². The Hall–Kier alpha value is -1.91. The summed E-state index contributed by atoms with van der Waals surface area (Å²) in [5.41, 5.74) is 5.82. The predicted octanol–water partition coefficient (Wildman–Crippen LogP) is 2.89. The molecule has 20 heavy (non-hydrogen) atoms. The molecule has 4 heteroatoms. The van der Waals surface area contributed by atoms with Crippen molar-refractivity contribution in [3.8, 4) is 5.75 Å². The molecule has 106 valence electrons. The van der Waals surface area contributed by atoms with Gasteiger partial charge in [0.1, 0.15) is 11.6 Å². The Kier molecular flexibility index (Phi) is 4.71. The normalized spacial score (nSPS) is 12.2. The average Bonchev–Trinajstić information content (AvgIpc) is 2.46. The number of aryl methyl sites for hydroxylation is 1. The summed E-state index contributed by atoms with van der Waals surface area (Å²) in [4.78, 5) is 0. The molecule has 0 saturated heterocycles. The Bertz CT molecular complexity index is 586. The zero-order valence-electron chi connectivity index (χ0n) is 11.7. The number of nitrogens with one attached hydrogen (secondary N) is 1. The molecule has 0 spiro atoms. The molecular formula is C16H19FN2O. The maximum Gasteiger partial charge on any atom is 0.123 e. The molecule has 0 radical (unpaired) electrons. The fourth-order valence-corrected chi connectivity index (χ4v) is 2.30. The fraction of sp³-hybridized carbons (Fsp3) is 0.250. The lowest BCUT2D eigenvalue weighted by atomic mass is 9.96. The van der Waals surface area contributed by atoms with Crippen molar-refractivity contribution in [1.29, 1.82) is 0 Å². The first-order valence-corrected chi connectivity index (χ1v) is 6.49. The number of nitrogens with two attached hydrogens (primary N) is 1. The van der Waals surface area contributed by atoms with Gasteiger partial charge in [0.15, 0.2) is 0 Å². The van der Waals surface area contributed by atoms with E-state index in [1.165, 1.54) is 23.3 Å². The summed E-state index contributed by atoms with van der Waals surface area (Å²) in [5.74, 6) is 5.98. The number of rotatable bonds is 5. The van der Waals surface area contributed by atoms with Crippen LogP contribution in [0.4, 0.5) is 4.39 Å². The molecule has 0 amide bonds. The highest BCUT2D eigenvalue weighted by Gasteiger charge is 2.17. The quantitative estimate of drug-likeness (QED) is 0.651. The molecule has 3 N–H and O–H groups in total. The average molecular weight is 274 g/mol. The summed E-state index contributed by atoms with van der Waals surface area (Å²) in [6.07, 6.45) is 0.670. The van der Waals surface area contributed by atoms with Crippen LogP contribution in [0.2, 0.25) is 0 Å². The van der Waals surface area contributed by atoms with Crippen LogP contribution in [0.25, 0.3) is 0 Å². The van der Waals surface area contributed by atoms with Gasteiger partial charge in [-0.15, -0.1) is 0 Å². The Morgan fingerprint density at radius 3 is 2.65 bits per heavy atom. The Morgan fingerprint density at radius 1 is 1.25 bits per heavy atom. The monoisotopic (exact) mass is 274 g/mol. The van der Waals surface area contributed by atoms with E-state index in [4.69, 9.17) is 10.6 Å². The van der Waals surface area contributed by atoms with Gasteiger partial charge in [-0.2, -0.15) is 0 Å². The smallest absolute Gasteiger partial charge is 0.123 e. The van der Waals surface area contributed by atoms with Crippen molar-refractivity contribution in [3.63, 3.8) is 0 Å². The lowest BCUT2D eigenvalue weighted by Gasteiger charge is -2.20. The lowest BCUT2D eigenvalue weighted by Crippen LogP contribution is -2.30. The topological polar surface area (TPSA) is 47.3 Å². The molecule has 1 atom stereocenters. The van der Waals surface area contributed by atoms with Gasteiger partial charge in [-0.3, -0.25) is 11.3 Å². The Labute approximate surface area is 118 Å². The van der Waals surface area contributed by atoms with E-state index in [0.717, 1.165) is 5.56 Å². The van der Waals surface area contributed by atoms with E-state index in [0.29, 0.717) is 12.2 Å². The fourth-order valence-electron chi connectivity index (χ4n) is 2.30. The molecule has 0 fully saturated rings. The highest BCUT2D eigenvalue weighted by molar-refractivity contribution is 5.38. The maximum atomic E-state index is 13.5. The van der Waals surface area contributed by atoms with Gasteiger partial charge in [0.2, 0.25) is 0 Å². The maximum absolute atomic E-state index is 13.5. The molecule has 0 aliphatic rings. The summed E-state index contributed by atoms with van der Waals surface area (Å²) in [5, 5.41) is 0. The SMILES string of the molecule is COc1ccc(F)cc1C(Cc1ccccc1C)NN. The molecule has 0 saturated carbocycles. The number of hydrogen-bond acceptors (Lipinski definition) is 3. The van der Waals surface area contributed by atoms with Crippen LogP contribution < -0.4 is 16.0 Å². The first-order valence-electron chi connectivity index (χ1n) is 6.49. The first-order chi connectivity index (χ1) is 9.65. The van der Waals surface area contributed by atoms with Crippen molar-refractivity contribution in [2.45, 2.75) is 19.4 Å². The lowest BCUT2D eigenvalue weighted by molar-refractivity contribution is 0.397. The molecular weight excluding hydrogens is 255 g/mol. The standard InChI is InChI=1S/C16H19FN2O/c1-11-5-3-4-6-12(11)9-15(19-18)14-10-13(17)7-8-16(14)20-2/h3-8,10,15,19H,9,18H2,1-2H3. The number of ether oxygens (including phenoxy) is 1. The number of halogens is 1. The van der Waals surface area contributed by atoms with Crippen LogP contribution >= 0.6 is 0 Å². The summed E-state index contributed by atoms with van der Waals surface area (Å²) >= 11 is 0. The van der Waals surface area contributed by atoms with Gasteiger partial charge in [0, 0.05) is 5.56 Å². The molecule has 0 aromatic heterocycles.